The highest BCUT2D eigenvalue weighted by molar-refractivity contribution is 5.87. The lowest BCUT2D eigenvalue weighted by Crippen LogP contribution is -2.15. The molecule has 0 aliphatic rings. The van der Waals surface area contributed by atoms with Crippen LogP contribution in [0.25, 0.3) is 11.1 Å². The van der Waals surface area contributed by atoms with Crippen LogP contribution in [0.4, 0.5) is 0 Å². The summed E-state index contributed by atoms with van der Waals surface area (Å²) in [4.78, 5) is 22.4. The molecular formula is C24H28O8. The number of methoxy groups -OCH3 is 2. The topological polar surface area (TPSA) is 89.5 Å². The van der Waals surface area contributed by atoms with Gasteiger partial charge in [-0.2, -0.15) is 0 Å². The first kappa shape index (κ1) is 24.7. The number of esters is 2. The lowest BCUT2D eigenvalue weighted by molar-refractivity contribution is -0.142. The van der Waals surface area contributed by atoms with E-state index in [0.717, 1.165) is 11.1 Å². The fraction of sp³-hybridized carbons (Fsp3) is 0.333. The Balaban J connectivity index is 1.90. The van der Waals surface area contributed by atoms with Crippen LogP contribution in [0.2, 0.25) is 0 Å². The third-order valence-corrected chi connectivity index (χ3v) is 4.19. The van der Waals surface area contributed by atoms with Gasteiger partial charge >= 0.3 is 11.9 Å². The second-order valence-corrected chi connectivity index (χ2v) is 6.60. The highest BCUT2D eigenvalue weighted by atomic mass is 16.6. The van der Waals surface area contributed by atoms with Crippen molar-refractivity contribution < 1.29 is 38.0 Å². The molecule has 0 saturated heterocycles. The quantitative estimate of drug-likeness (QED) is 0.264. The third kappa shape index (κ3) is 7.96. The molecule has 2 aromatic rings. The van der Waals surface area contributed by atoms with E-state index in [1.807, 2.05) is 36.4 Å². The summed E-state index contributed by atoms with van der Waals surface area (Å²) in [6.45, 7) is 5.83. The summed E-state index contributed by atoms with van der Waals surface area (Å²) in [5.41, 5.74) is 2.07. The zero-order valence-corrected chi connectivity index (χ0v) is 18.6. The maximum atomic E-state index is 11.7. The maximum Gasteiger partial charge on any atom is 0.335 e. The summed E-state index contributed by atoms with van der Waals surface area (Å²) in [6.07, 6.45) is 0. The molecule has 0 atom stereocenters. The van der Waals surface area contributed by atoms with Crippen molar-refractivity contribution in [2.24, 2.45) is 0 Å². The smallest absolute Gasteiger partial charge is 0.335 e. The Morgan fingerprint density at radius 3 is 2.09 bits per heavy atom. The van der Waals surface area contributed by atoms with Gasteiger partial charge in [0, 0.05) is 25.7 Å². The fourth-order valence-corrected chi connectivity index (χ4v) is 2.70. The van der Waals surface area contributed by atoms with Gasteiger partial charge in [0.1, 0.15) is 43.7 Å². The Morgan fingerprint density at radius 2 is 1.47 bits per heavy atom. The van der Waals surface area contributed by atoms with Gasteiger partial charge in [0.25, 0.3) is 0 Å². The van der Waals surface area contributed by atoms with Gasteiger partial charge in [0.15, 0.2) is 0 Å². The predicted molar refractivity (Wildman–Crippen MR) is 118 cm³/mol. The molecule has 0 N–H and O–H groups in total. The van der Waals surface area contributed by atoms with Gasteiger partial charge in [0.2, 0.25) is 0 Å². The predicted octanol–water partition coefficient (Wildman–Crippen LogP) is 3.43. The standard InChI is InChI=1S/C24H28O8/c1-17(16-27-3)24(26)32-14-13-31-21-9-10-22(23(15-21)28-4)19-5-7-20(8-6-19)30-12-11-29-18(2)25/h5-10,15H,1,11-14,16H2,2-4H3. The number of hydrogen-bond donors (Lipinski definition) is 0. The van der Waals surface area contributed by atoms with E-state index in [-0.39, 0.29) is 44.6 Å². The van der Waals surface area contributed by atoms with E-state index in [1.54, 1.807) is 13.2 Å². The van der Waals surface area contributed by atoms with E-state index in [0.29, 0.717) is 17.2 Å². The Morgan fingerprint density at radius 1 is 0.844 bits per heavy atom. The first-order valence-corrected chi connectivity index (χ1v) is 9.96. The van der Waals surface area contributed by atoms with Crippen molar-refractivity contribution in [2.75, 3.05) is 47.3 Å². The van der Waals surface area contributed by atoms with Gasteiger partial charge in [-0.3, -0.25) is 4.79 Å². The van der Waals surface area contributed by atoms with Crippen molar-refractivity contribution in [3.63, 3.8) is 0 Å². The van der Waals surface area contributed by atoms with Crippen LogP contribution in [-0.4, -0.2) is 59.2 Å². The first-order valence-electron chi connectivity index (χ1n) is 9.96. The number of benzene rings is 2. The summed E-state index contributed by atoms with van der Waals surface area (Å²) in [7, 11) is 3.06. The molecule has 8 nitrogen and oxygen atoms in total. The van der Waals surface area contributed by atoms with E-state index in [4.69, 9.17) is 28.4 Å². The molecule has 0 fully saturated rings. The van der Waals surface area contributed by atoms with Crippen LogP contribution in [0.3, 0.4) is 0 Å². The second-order valence-electron chi connectivity index (χ2n) is 6.60. The van der Waals surface area contributed by atoms with Gasteiger partial charge in [-0.15, -0.1) is 0 Å². The van der Waals surface area contributed by atoms with Crippen LogP contribution in [0, 0.1) is 0 Å². The molecule has 0 aromatic heterocycles. The van der Waals surface area contributed by atoms with Crippen molar-refractivity contribution in [1.29, 1.82) is 0 Å². The van der Waals surface area contributed by atoms with Crippen molar-refractivity contribution in [1.82, 2.24) is 0 Å². The van der Waals surface area contributed by atoms with Gasteiger partial charge in [-0.05, 0) is 29.8 Å². The number of hydrogen-bond acceptors (Lipinski definition) is 8. The van der Waals surface area contributed by atoms with Crippen molar-refractivity contribution in [2.45, 2.75) is 6.92 Å². The monoisotopic (exact) mass is 444 g/mol. The van der Waals surface area contributed by atoms with Gasteiger partial charge < -0.3 is 28.4 Å². The van der Waals surface area contributed by atoms with E-state index in [1.165, 1.54) is 14.0 Å². The highest BCUT2D eigenvalue weighted by Crippen LogP contribution is 2.34. The second kappa shape index (κ2) is 13.0. The molecule has 0 radical (unpaired) electrons. The van der Waals surface area contributed by atoms with Crippen LogP contribution >= 0.6 is 0 Å². The molecule has 0 spiro atoms. The minimum Gasteiger partial charge on any atom is -0.496 e. The van der Waals surface area contributed by atoms with Crippen LogP contribution in [0.5, 0.6) is 17.2 Å². The molecule has 8 heteroatoms. The fourth-order valence-electron chi connectivity index (χ4n) is 2.70. The summed E-state index contributed by atoms with van der Waals surface area (Å²) in [5.74, 6) is 1.04. The lowest BCUT2D eigenvalue weighted by atomic mass is 10.0. The molecular weight excluding hydrogens is 416 g/mol. The molecule has 0 unspecified atom stereocenters. The Labute approximate surface area is 187 Å². The van der Waals surface area contributed by atoms with Crippen LogP contribution in [0.1, 0.15) is 6.92 Å². The first-order chi connectivity index (χ1) is 15.4. The number of rotatable bonds is 13. The zero-order valence-electron chi connectivity index (χ0n) is 18.6. The van der Waals surface area contributed by atoms with Crippen molar-refractivity contribution in [3.05, 3.63) is 54.6 Å². The Hall–Kier alpha value is -3.52. The minimum absolute atomic E-state index is 0.0879. The number of carbonyl (C=O) groups excluding carboxylic acids is 2. The molecule has 32 heavy (non-hydrogen) atoms. The summed E-state index contributed by atoms with van der Waals surface area (Å²) < 4.78 is 31.5. The molecule has 2 rings (SSSR count). The molecule has 0 bridgehead atoms. The minimum atomic E-state index is -0.512. The van der Waals surface area contributed by atoms with Crippen molar-refractivity contribution >= 4 is 11.9 Å². The molecule has 2 aromatic carbocycles. The van der Waals surface area contributed by atoms with E-state index in [2.05, 4.69) is 6.58 Å². The zero-order chi connectivity index (χ0) is 23.3. The third-order valence-electron chi connectivity index (χ3n) is 4.19. The van der Waals surface area contributed by atoms with Gasteiger partial charge in [-0.25, -0.2) is 4.79 Å². The Bertz CT molecular complexity index is 905. The summed E-state index contributed by atoms with van der Waals surface area (Å²) in [6, 6.07) is 12.9. The van der Waals surface area contributed by atoms with Crippen molar-refractivity contribution in [3.8, 4) is 28.4 Å². The summed E-state index contributed by atoms with van der Waals surface area (Å²) in [5, 5.41) is 0. The summed E-state index contributed by atoms with van der Waals surface area (Å²) >= 11 is 0. The van der Waals surface area contributed by atoms with Crippen LogP contribution in [0.15, 0.2) is 54.6 Å². The average molecular weight is 444 g/mol. The van der Waals surface area contributed by atoms with Gasteiger partial charge in [0.05, 0.1) is 19.3 Å². The van der Waals surface area contributed by atoms with E-state index in [9.17, 15) is 9.59 Å². The Kier molecular flexibility index (Phi) is 10.1. The SMILES string of the molecule is C=C(COC)C(=O)OCCOc1ccc(-c2ccc(OCCOC(C)=O)cc2)c(OC)c1. The van der Waals surface area contributed by atoms with E-state index >= 15 is 0 Å². The van der Waals surface area contributed by atoms with E-state index < -0.39 is 5.97 Å². The normalized spacial score (nSPS) is 10.2. The lowest BCUT2D eigenvalue weighted by Gasteiger charge is -2.13. The van der Waals surface area contributed by atoms with Gasteiger partial charge in [-0.1, -0.05) is 18.7 Å². The molecule has 0 heterocycles. The number of ether oxygens (including phenoxy) is 6. The van der Waals surface area contributed by atoms with Crippen LogP contribution in [-0.2, 0) is 23.8 Å². The molecule has 0 saturated carbocycles. The van der Waals surface area contributed by atoms with Crippen LogP contribution < -0.4 is 14.2 Å². The molecule has 0 amide bonds. The largest absolute Gasteiger partial charge is 0.496 e. The molecule has 172 valence electrons. The average Bonchev–Trinajstić information content (AvgIpc) is 2.79. The highest BCUT2D eigenvalue weighted by Gasteiger charge is 2.10. The maximum absolute atomic E-state index is 11.7. The molecule has 0 aliphatic carbocycles. The number of carbonyl (C=O) groups is 2. The molecule has 0 aliphatic heterocycles.